The Morgan fingerprint density at radius 1 is 0.966 bits per heavy atom. The number of esters is 1. The molecule has 0 radical (unpaired) electrons. The molecule has 0 unspecified atom stereocenters. The van der Waals surface area contributed by atoms with Crippen LogP contribution in [0.3, 0.4) is 0 Å². The van der Waals surface area contributed by atoms with E-state index in [-0.39, 0.29) is 11.3 Å². The van der Waals surface area contributed by atoms with E-state index in [1.165, 1.54) is 37.3 Å². The lowest BCUT2D eigenvalue weighted by Crippen LogP contribution is -2.43. The molecule has 3 N–H and O–H groups in total. The highest BCUT2D eigenvalue weighted by molar-refractivity contribution is 6.30. The third-order valence-corrected chi connectivity index (χ3v) is 3.65. The van der Waals surface area contributed by atoms with Crippen molar-refractivity contribution in [1.29, 1.82) is 0 Å². The number of benzene rings is 2. The zero-order valence-corrected chi connectivity index (χ0v) is 16.2. The summed E-state index contributed by atoms with van der Waals surface area (Å²) in [5.41, 5.74) is 5.13. The number of hydrazine groups is 1. The van der Waals surface area contributed by atoms with Gasteiger partial charge < -0.3 is 10.1 Å². The van der Waals surface area contributed by atoms with Crippen LogP contribution in [0.15, 0.2) is 60.3 Å². The lowest BCUT2D eigenvalue weighted by atomic mass is 10.2. The molecule has 150 valence electrons. The van der Waals surface area contributed by atoms with Crippen LogP contribution in [0, 0.1) is 0 Å². The summed E-state index contributed by atoms with van der Waals surface area (Å²) < 4.78 is 4.89. The summed E-state index contributed by atoms with van der Waals surface area (Å²) in [4.78, 5) is 47.2. The summed E-state index contributed by atoms with van der Waals surface area (Å²) in [6.07, 6.45) is 1.42. The van der Waals surface area contributed by atoms with Gasteiger partial charge in [-0.3, -0.25) is 25.2 Å². The normalized spacial score (nSPS) is 10.6. The molecule has 8 nitrogen and oxygen atoms in total. The molecule has 3 amide bonds. The number of hydrogen-bond acceptors (Lipinski definition) is 5. The van der Waals surface area contributed by atoms with Crippen LogP contribution in [0.4, 0.5) is 0 Å². The quantitative estimate of drug-likeness (QED) is 0.378. The van der Waals surface area contributed by atoms with Gasteiger partial charge in [-0.05, 0) is 35.9 Å². The van der Waals surface area contributed by atoms with Gasteiger partial charge in [0.1, 0.15) is 5.70 Å². The fourth-order valence-corrected chi connectivity index (χ4v) is 2.22. The number of hydrogen-bond donors (Lipinski definition) is 3. The Kier molecular flexibility index (Phi) is 7.93. The Hall–Kier alpha value is -3.65. The molecule has 2 rings (SSSR count). The van der Waals surface area contributed by atoms with Crippen molar-refractivity contribution >= 4 is 41.4 Å². The monoisotopic (exact) mass is 415 g/mol. The topological polar surface area (TPSA) is 114 Å². The second-order valence-corrected chi connectivity index (χ2v) is 6.17. The number of carbonyl (C=O) groups is 4. The maximum atomic E-state index is 12.2. The van der Waals surface area contributed by atoms with Crippen molar-refractivity contribution in [3.8, 4) is 0 Å². The van der Waals surface area contributed by atoms with Crippen LogP contribution >= 0.6 is 11.6 Å². The van der Waals surface area contributed by atoms with Crippen LogP contribution in [0.1, 0.15) is 22.8 Å². The van der Waals surface area contributed by atoms with E-state index in [1.807, 2.05) is 0 Å². The minimum atomic E-state index is -0.900. The van der Waals surface area contributed by atoms with Crippen molar-refractivity contribution in [2.24, 2.45) is 0 Å². The number of halogens is 1. The van der Waals surface area contributed by atoms with Crippen molar-refractivity contribution in [3.05, 3.63) is 76.4 Å². The van der Waals surface area contributed by atoms with Crippen LogP contribution < -0.4 is 16.2 Å². The first-order chi connectivity index (χ1) is 13.8. The molecule has 0 atom stereocenters. The Labute approximate surface area is 171 Å². The Morgan fingerprint density at radius 2 is 1.62 bits per heavy atom. The van der Waals surface area contributed by atoms with Crippen molar-refractivity contribution in [1.82, 2.24) is 16.2 Å². The molecule has 0 bridgehead atoms. The molecule has 0 aliphatic heterocycles. The van der Waals surface area contributed by atoms with Gasteiger partial charge in [0.15, 0.2) is 6.61 Å². The largest absolute Gasteiger partial charge is 0.451 e. The molecular formula is C20H18ClN3O5. The molecule has 0 aliphatic carbocycles. The second-order valence-electron chi connectivity index (χ2n) is 5.74. The van der Waals surface area contributed by atoms with E-state index in [0.717, 1.165) is 0 Å². The minimum Gasteiger partial charge on any atom is -0.451 e. The number of nitrogens with one attached hydrogen (secondary N) is 3. The highest BCUT2D eigenvalue weighted by atomic mass is 35.5. The molecule has 0 aliphatic rings. The van der Waals surface area contributed by atoms with Gasteiger partial charge in [0, 0.05) is 17.5 Å². The van der Waals surface area contributed by atoms with E-state index >= 15 is 0 Å². The van der Waals surface area contributed by atoms with Crippen LogP contribution in [0.5, 0.6) is 0 Å². The van der Waals surface area contributed by atoms with E-state index in [2.05, 4.69) is 16.2 Å². The third-order valence-electron chi connectivity index (χ3n) is 3.40. The molecule has 2 aromatic rings. The first-order valence-corrected chi connectivity index (χ1v) is 8.79. The smallest absolute Gasteiger partial charge is 0.355 e. The number of rotatable bonds is 6. The van der Waals surface area contributed by atoms with Crippen molar-refractivity contribution in [3.63, 3.8) is 0 Å². The van der Waals surface area contributed by atoms with Crippen LogP contribution in [0.2, 0.25) is 5.02 Å². The number of carbonyl (C=O) groups excluding carboxylic acids is 4. The molecule has 0 aromatic heterocycles. The van der Waals surface area contributed by atoms with E-state index < -0.39 is 30.3 Å². The molecule has 29 heavy (non-hydrogen) atoms. The molecule has 0 fully saturated rings. The zero-order valence-electron chi connectivity index (χ0n) is 15.4. The number of amides is 3. The molecule has 9 heteroatoms. The van der Waals surface area contributed by atoms with Gasteiger partial charge >= 0.3 is 5.97 Å². The van der Waals surface area contributed by atoms with E-state index in [4.69, 9.17) is 16.3 Å². The van der Waals surface area contributed by atoms with Gasteiger partial charge in [0.2, 0.25) is 5.91 Å². The highest BCUT2D eigenvalue weighted by Crippen LogP contribution is 2.09. The fraction of sp³-hybridized carbons (Fsp3) is 0.100. The van der Waals surface area contributed by atoms with Crippen molar-refractivity contribution < 1.29 is 23.9 Å². The summed E-state index contributed by atoms with van der Waals surface area (Å²) in [6, 6.07) is 14.8. The maximum absolute atomic E-state index is 12.2. The Morgan fingerprint density at radius 3 is 2.24 bits per heavy atom. The van der Waals surface area contributed by atoms with Crippen molar-refractivity contribution in [2.75, 3.05) is 6.61 Å². The van der Waals surface area contributed by atoms with Crippen LogP contribution in [-0.2, 0) is 19.1 Å². The highest BCUT2D eigenvalue weighted by Gasteiger charge is 2.15. The first-order valence-electron chi connectivity index (χ1n) is 8.41. The maximum Gasteiger partial charge on any atom is 0.355 e. The Bertz CT molecular complexity index is 927. The van der Waals surface area contributed by atoms with E-state index in [0.29, 0.717) is 10.6 Å². The SMILES string of the molecule is CC(=O)N/C(=C\c1ccccc1)C(=O)OCC(=O)NNC(=O)c1ccc(Cl)cc1. The molecule has 0 saturated heterocycles. The summed E-state index contributed by atoms with van der Waals surface area (Å²) in [5.74, 6) is -2.70. The van der Waals surface area contributed by atoms with Gasteiger partial charge in [0.25, 0.3) is 11.8 Å². The van der Waals surface area contributed by atoms with Gasteiger partial charge in [-0.2, -0.15) is 0 Å². The van der Waals surface area contributed by atoms with Gasteiger partial charge in [-0.1, -0.05) is 41.9 Å². The fourth-order valence-electron chi connectivity index (χ4n) is 2.10. The molecule has 0 saturated carbocycles. The average Bonchev–Trinajstić information content (AvgIpc) is 2.70. The first kappa shape index (κ1) is 21.6. The minimum absolute atomic E-state index is 0.123. The molecule has 0 spiro atoms. The average molecular weight is 416 g/mol. The summed E-state index contributed by atoms with van der Waals surface area (Å²) in [6.45, 7) is 0.580. The van der Waals surface area contributed by atoms with E-state index in [1.54, 1.807) is 30.3 Å². The van der Waals surface area contributed by atoms with E-state index in [9.17, 15) is 19.2 Å². The lowest BCUT2D eigenvalue weighted by molar-refractivity contribution is -0.145. The third kappa shape index (κ3) is 7.47. The standard InChI is InChI=1S/C20H18ClN3O5/c1-13(25)22-17(11-14-5-3-2-4-6-14)20(28)29-12-18(26)23-24-19(27)15-7-9-16(21)10-8-15/h2-11H,12H2,1H3,(H,22,25)(H,23,26)(H,24,27)/b17-11-. The lowest BCUT2D eigenvalue weighted by Gasteiger charge is -2.10. The summed E-state index contributed by atoms with van der Waals surface area (Å²) in [5, 5.41) is 2.83. The Balaban J connectivity index is 1.89. The van der Waals surface area contributed by atoms with Gasteiger partial charge in [-0.25, -0.2) is 4.79 Å². The zero-order chi connectivity index (χ0) is 21.2. The predicted octanol–water partition coefficient (Wildman–Crippen LogP) is 1.82. The summed E-state index contributed by atoms with van der Waals surface area (Å²) >= 11 is 5.74. The van der Waals surface area contributed by atoms with Crippen molar-refractivity contribution in [2.45, 2.75) is 6.92 Å². The van der Waals surface area contributed by atoms with Gasteiger partial charge in [-0.15, -0.1) is 0 Å². The molecule has 0 heterocycles. The van der Waals surface area contributed by atoms with Crippen LogP contribution in [-0.4, -0.2) is 30.3 Å². The summed E-state index contributed by atoms with van der Waals surface area (Å²) in [7, 11) is 0. The molecular weight excluding hydrogens is 398 g/mol. The predicted molar refractivity (Wildman–Crippen MR) is 106 cm³/mol. The molecule has 2 aromatic carbocycles. The second kappa shape index (κ2) is 10.6. The van der Waals surface area contributed by atoms with Crippen LogP contribution in [0.25, 0.3) is 6.08 Å². The number of ether oxygens (including phenoxy) is 1. The van der Waals surface area contributed by atoms with Gasteiger partial charge in [0.05, 0.1) is 0 Å².